The van der Waals surface area contributed by atoms with E-state index in [0.29, 0.717) is 31.0 Å². The van der Waals surface area contributed by atoms with Crippen molar-refractivity contribution in [1.29, 1.82) is 0 Å². The molecular formula is C29H36N2O7. The highest BCUT2D eigenvalue weighted by molar-refractivity contribution is 6.12. The summed E-state index contributed by atoms with van der Waals surface area (Å²) < 4.78 is 27.3. The molecule has 9 nitrogen and oxygen atoms in total. The molecule has 0 saturated carbocycles. The zero-order chi connectivity index (χ0) is 27.6. The minimum atomic E-state index is -0.649. The third-order valence-corrected chi connectivity index (χ3v) is 6.77. The van der Waals surface area contributed by atoms with E-state index >= 15 is 0 Å². The molecule has 9 heteroatoms. The minimum absolute atomic E-state index is 0.0469. The Morgan fingerprint density at radius 3 is 2.16 bits per heavy atom. The lowest BCUT2D eigenvalue weighted by Crippen LogP contribution is -2.51. The molecule has 0 saturated heterocycles. The molecule has 3 aromatic rings. The van der Waals surface area contributed by atoms with Crippen LogP contribution in [0.15, 0.2) is 30.3 Å². The van der Waals surface area contributed by atoms with Crippen LogP contribution in [0.5, 0.6) is 17.2 Å². The first-order valence-electron chi connectivity index (χ1n) is 12.5. The number of methoxy groups -OCH3 is 4. The maximum absolute atomic E-state index is 13.4. The highest BCUT2D eigenvalue weighted by Gasteiger charge is 2.35. The summed E-state index contributed by atoms with van der Waals surface area (Å²) in [7, 11) is 6.22. The van der Waals surface area contributed by atoms with Crippen molar-refractivity contribution < 1.29 is 33.3 Å². The molecule has 1 aliphatic heterocycles. The van der Waals surface area contributed by atoms with Crippen LogP contribution in [0.25, 0.3) is 21.5 Å². The molecule has 204 valence electrons. The van der Waals surface area contributed by atoms with Gasteiger partial charge >= 0.3 is 12.1 Å². The average molecular weight is 525 g/mol. The monoisotopic (exact) mass is 524 g/mol. The van der Waals surface area contributed by atoms with E-state index in [4.69, 9.17) is 23.7 Å². The van der Waals surface area contributed by atoms with Crippen LogP contribution < -0.4 is 19.5 Å². The van der Waals surface area contributed by atoms with Gasteiger partial charge < -0.3 is 29.0 Å². The van der Waals surface area contributed by atoms with Crippen LogP contribution in [0.3, 0.4) is 0 Å². The van der Waals surface area contributed by atoms with E-state index in [-0.39, 0.29) is 18.6 Å². The molecule has 1 amide bonds. The van der Waals surface area contributed by atoms with Crippen molar-refractivity contribution in [2.24, 2.45) is 0 Å². The fourth-order valence-electron chi connectivity index (χ4n) is 5.00. The third kappa shape index (κ3) is 5.43. The van der Waals surface area contributed by atoms with Gasteiger partial charge in [0.25, 0.3) is 0 Å². The summed E-state index contributed by atoms with van der Waals surface area (Å²) in [6, 6.07) is 9.69. The first-order chi connectivity index (χ1) is 18.1. The highest BCUT2D eigenvalue weighted by Crippen LogP contribution is 2.43. The van der Waals surface area contributed by atoms with Gasteiger partial charge in [0.05, 0.1) is 47.6 Å². The lowest BCUT2D eigenvalue weighted by molar-refractivity contribution is -0.139. The van der Waals surface area contributed by atoms with Crippen LogP contribution in [0.4, 0.5) is 4.79 Å². The largest absolute Gasteiger partial charge is 0.497 e. The maximum Gasteiger partial charge on any atom is 0.410 e. The fourth-order valence-corrected chi connectivity index (χ4v) is 5.00. The summed E-state index contributed by atoms with van der Waals surface area (Å²) in [5.74, 6) is 1.62. The van der Waals surface area contributed by atoms with Crippen molar-refractivity contribution in [2.75, 3.05) is 41.5 Å². The minimum Gasteiger partial charge on any atom is -0.497 e. The molecule has 1 N–H and O–H groups in total. The van der Waals surface area contributed by atoms with Crippen molar-refractivity contribution in [2.45, 2.75) is 45.4 Å². The van der Waals surface area contributed by atoms with Gasteiger partial charge in [-0.1, -0.05) is 6.07 Å². The average Bonchev–Trinajstić information content (AvgIpc) is 2.90. The summed E-state index contributed by atoms with van der Waals surface area (Å²) in [6.07, 6.45) is 0.151. The van der Waals surface area contributed by atoms with Crippen LogP contribution in [0.2, 0.25) is 0 Å². The van der Waals surface area contributed by atoms with Crippen molar-refractivity contribution in [3.63, 3.8) is 0 Å². The molecule has 0 unspecified atom stereocenters. The van der Waals surface area contributed by atoms with E-state index in [2.05, 4.69) is 5.32 Å². The molecule has 0 radical (unpaired) electrons. The topological polar surface area (TPSA) is 95.6 Å². The Bertz CT molecular complexity index is 1360. The second kappa shape index (κ2) is 10.9. The number of nitrogens with one attached hydrogen (secondary N) is 1. The predicted molar refractivity (Wildman–Crippen MR) is 145 cm³/mol. The molecule has 3 aromatic carbocycles. The quantitative estimate of drug-likeness (QED) is 0.358. The molecule has 0 aliphatic carbocycles. The van der Waals surface area contributed by atoms with Gasteiger partial charge in [0.15, 0.2) is 11.5 Å². The molecule has 1 heterocycles. The van der Waals surface area contributed by atoms with E-state index in [1.807, 2.05) is 51.1 Å². The summed E-state index contributed by atoms with van der Waals surface area (Å²) in [5, 5.41) is 7.17. The number of nitrogens with zero attached hydrogens (tertiary/aromatic N) is 1. The molecule has 0 fully saturated rings. The lowest BCUT2D eigenvalue weighted by atomic mass is 9.85. The van der Waals surface area contributed by atoms with Crippen LogP contribution in [-0.2, 0) is 27.2 Å². The molecule has 0 aromatic heterocycles. The molecular weight excluding hydrogens is 488 g/mol. The van der Waals surface area contributed by atoms with E-state index < -0.39 is 11.7 Å². The number of benzene rings is 3. The van der Waals surface area contributed by atoms with E-state index in [9.17, 15) is 9.59 Å². The van der Waals surface area contributed by atoms with Gasteiger partial charge in [0.1, 0.15) is 11.4 Å². The van der Waals surface area contributed by atoms with Crippen LogP contribution in [0, 0.1) is 0 Å². The molecule has 1 aliphatic rings. The Morgan fingerprint density at radius 2 is 1.55 bits per heavy atom. The Morgan fingerprint density at radius 1 is 0.895 bits per heavy atom. The number of ether oxygens (including phenoxy) is 5. The van der Waals surface area contributed by atoms with Gasteiger partial charge in [0.2, 0.25) is 0 Å². The van der Waals surface area contributed by atoms with Gasteiger partial charge in [-0.3, -0.25) is 9.69 Å². The van der Waals surface area contributed by atoms with Crippen LogP contribution in [0.1, 0.15) is 31.9 Å². The fraction of sp³-hybridized carbons (Fsp3) is 0.448. The summed E-state index contributed by atoms with van der Waals surface area (Å²) in [5.41, 5.74) is 1.50. The first kappa shape index (κ1) is 27.3. The highest BCUT2D eigenvalue weighted by atomic mass is 16.6. The van der Waals surface area contributed by atoms with E-state index in [1.165, 1.54) is 7.11 Å². The Kier molecular flexibility index (Phi) is 7.87. The number of hydrogen-bond acceptors (Lipinski definition) is 8. The van der Waals surface area contributed by atoms with Crippen LogP contribution in [-0.4, -0.2) is 70.1 Å². The summed E-state index contributed by atoms with van der Waals surface area (Å²) in [4.78, 5) is 26.9. The number of amides is 1. The van der Waals surface area contributed by atoms with Gasteiger partial charge in [0, 0.05) is 6.54 Å². The van der Waals surface area contributed by atoms with Crippen LogP contribution >= 0.6 is 0 Å². The smallest absolute Gasteiger partial charge is 0.410 e. The second-order valence-corrected chi connectivity index (χ2v) is 10.3. The summed E-state index contributed by atoms with van der Waals surface area (Å²) >= 11 is 0. The van der Waals surface area contributed by atoms with Gasteiger partial charge in [-0.15, -0.1) is 0 Å². The third-order valence-electron chi connectivity index (χ3n) is 6.77. The maximum atomic E-state index is 13.4. The zero-order valence-electron chi connectivity index (χ0n) is 23.1. The normalized spacial score (nSPS) is 15.2. The lowest BCUT2D eigenvalue weighted by Gasteiger charge is -2.39. The Labute approximate surface area is 222 Å². The Balaban J connectivity index is 1.90. The first-order valence-corrected chi connectivity index (χ1v) is 12.5. The van der Waals surface area contributed by atoms with Crippen molar-refractivity contribution in [1.82, 2.24) is 10.2 Å². The number of hydrogen-bond donors (Lipinski definition) is 1. The molecule has 38 heavy (non-hydrogen) atoms. The van der Waals surface area contributed by atoms with Crippen molar-refractivity contribution in [3.8, 4) is 17.2 Å². The number of carbonyl (C=O) groups is 2. The number of rotatable bonds is 7. The van der Waals surface area contributed by atoms with Gasteiger partial charge in [-0.25, -0.2) is 4.79 Å². The molecule has 4 rings (SSSR count). The van der Waals surface area contributed by atoms with E-state index in [1.54, 1.807) is 26.2 Å². The van der Waals surface area contributed by atoms with Crippen molar-refractivity contribution in [3.05, 3.63) is 41.5 Å². The molecule has 0 spiro atoms. The van der Waals surface area contributed by atoms with Gasteiger partial charge in [-0.05, 0) is 84.1 Å². The van der Waals surface area contributed by atoms with Crippen molar-refractivity contribution >= 4 is 33.6 Å². The Hall–Kier alpha value is -3.72. The molecule has 0 bridgehead atoms. The molecule has 1 atom stereocenters. The standard InChI is InChI=1S/C29H36N2O7/c1-29(2,3)38-28(33)31-16-24-19-9-8-18(34-4)11-21(19)23-13-26(36-6)25(35-5)12-22(23)20(24)10-17(31)14-30-15-27(32)37-7/h8-9,11-13,17,30H,10,14-16H2,1-7H3/t17-/m0/s1. The summed E-state index contributed by atoms with van der Waals surface area (Å²) in [6.45, 7) is 6.34. The predicted octanol–water partition coefficient (Wildman–Crippen LogP) is 4.44. The SMILES string of the molecule is COC(=O)CNC[C@@H]1Cc2c(c3ccc(OC)cc3c3cc(OC)c(OC)cc23)CN1C(=O)OC(C)(C)C. The van der Waals surface area contributed by atoms with Gasteiger partial charge in [-0.2, -0.15) is 0 Å². The van der Waals surface area contributed by atoms with E-state index in [0.717, 1.165) is 38.4 Å². The zero-order valence-corrected chi connectivity index (χ0v) is 23.1. The number of carbonyl (C=O) groups excluding carboxylic acids is 2. The second-order valence-electron chi connectivity index (χ2n) is 10.3. The number of fused-ring (bicyclic) bond motifs is 6. The number of esters is 1.